The maximum atomic E-state index is 12.7. The molecule has 1 heterocycles. The second-order valence-corrected chi connectivity index (χ2v) is 8.08. The number of hydrogen-bond donors (Lipinski definition) is 2. The molecular weight excluding hydrogens is 414 g/mol. The van der Waals surface area contributed by atoms with Crippen molar-refractivity contribution in [1.29, 1.82) is 0 Å². The van der Waals surface area contributed by atoms with E-state index in [0.717, 1.165) is 6.42 Å². The molecule has 0 spiro atoms. The molecule has 0 saturated carbocycles. The number of amidine groups is 1. The van der Waals surface area contributed by atoms with Gasteiger partial charge in [0.2, 0.25) is 11.8 Å². The third-order valence-electron chi connectivity index (χ3n) is 4.14. The zero-order valence-corrected chi connectivity index (χ0v) is 17.5. The van der Waals surface area contributed by atoms with Crippen LogP contribution < -0.4 is 5.32 Å². The Morgan fingerprint density at radius 2 is 2.00 bits per heavy atom. The van der Waals surface area contributed by atoms with E-state index in [1.165, 1.54) is 16.7 Å². The zero-order chi connectivity index (χ0) is 21.2. The molecule has 29 heavy (non-hydrogen) atoms. The molecule has 156 valence electrons. The van der Waals surface area contributed by atoms with Gasteiger partial charge >= 0.3 is 5.97 Å². The van der Waals surface area contributed by atoms with Gasteiger partial charge in [0.25, 0.3) is 0 Å². The summed E-state index contributed by atoms with van der Waals surface area (Å²) >= 11 is 7.16. The number of nitrogens with one attached hydrogen (secondary N) is 1. The Bertz CT molecular complexity index is 782. The summed E-state index contributed by atoms with van der Waals surface area (Å²) in [5.74, 6) is -1.19. The van der Waals surface area contributed by atoms with Crippen LogP contribution in [0.2, 0.25) is 5.02 Å². The Hall–Kier alpha value is -2.32. The van der Waals surface area contributed by atoms with Crippen LogP contribution in [0.3, 0.4) is 0 Å². The van der Waals surface area contributed by atoms with Crippen molar-refractivity contribution in [3.63, 3.8) is 0 Å². The van der Waals surface area contributed by atoms with Gasteiger partial charge in [-0.2, -0.15) is 0 Å². The third kappa shape index (κ3) is 7.55. The molecule has 1 aromatic carbocycles. The topological polar surface area (TPSA) is 99.1 Å². The van der Waals surface area contributed by atoms with Crippen molar-refractivity contribution >= 4 is 52.0 Å². The second-order valence-electron chi connectivity index (χ2n) is 6.47. The van der Waals surface area contributed by atoms with Gasteiger partial charge in [-0.1, -0.05) is 35.9 Å². The minimum atomic E-state index is -0.814. The lowest BCUT2D eigenvalue weighted by Gasteiger charge is -2.13. The minimum Gasteiger partial charge on any atom is -0.481 e. The van der Waals surface area contributed by atoms with Crippen LogP contribution in [0.25, 0.3) is 0 Å². The third-order valence-corrected chi connectivity index (χ3v) is 5.57. The van der Waals surface area contributed by atoms with Gasteiger partial charge in [-0.15, -0.1) is 6.58 Å². The first-order valence-corrected chi connectivity index (χ1v) is 10.6. The molecule has 1 aromatic rings. The largest absolute Gasteiger partial charge is 0.481 e. The number of aliphatic imine (C=N–C) groups is 1. The highest BCUT2D eigenvalue weighted by Gasteiger charge is 2.38. The fourth-order valence-corrected chi connectivity index (χ4v) is 3.99. The maximum Gasteiger partial charge on any atom is 0.303 e. The number of aliphatic carboxylic acids is 1. The van der Waals surface area contributed by atoms with Crippen molar-refractivity contribution in [2.24, 2.45) is 4.99 Å². The number of amides is 2. The van der Waals surface area contributed by atoms with Crippen molar-refractivity contribution in [2.75, 3.05) is 13.1 Å². The van der Waals surface area contributed by atoms with Crippen LogP contribution in [0.15, 0.2) is 41.9 Å². The number of rotatable bonds is 11. The van der Waals surface area contributed by atoms with E-state index in [0.29, 0.717) is 41.8 Å². The van der Waals surface area contributed by atoms with E-state index in [1.807, 2.05) is 0 Å². The van der Waals surface area contributed by atoms with E-state index >= 15 is 0 Å². The number of nitrogens with zero attached hydrogens (tertiary/aromatic N) is 2. The smallest absolute Gasteiger partial charge is 0.303 e. The summed E-state index contributed by atoms with van der Waals surface area (Å²) in [5, 5.41) is 12.0. The van der Waals surface area contributed by atoms with Crippen LogP contribution in [-0.2, 0) is 14.4 Å². The molecule has 0 aromatic heterocycles. The number of hydrogen-bond acceptors (Lipinski definition) is 5. The highest BCUT2D eigenvalue weighted by molar-refractivity contribution is 8.15. The molecule has 2 rings (SSSR count). The van der Waals surface area contributed by atoms with Crippen molar-refractivity contribution in [2.45, 2.75) is 37.4 Å². The number of unbranched alkanes of at least 4 members (excludes halogenated alkanes) is 2. The molecule has 0 bridgehead atoms. The van der Waals surface area contributed by atoms with Crippen molar-refractivity contribution in [3.05, 3.63) is 41.9 Å². The molecule has 1 fully saturated rings. The Morgan fingerprint density at radius 1 is 1.28 bits per heavy atom. The van der Waals surface area contributed by atoms with E-state index in [4.69, 9.17) is 16.7 Å². The Labute approximate surface area is 179 Å². The molecule has 0 unspecified atom stereocenters. The van der Waals surface area contributed by atoms with Crippen molar-refractivity contribution in [3.8, 4) is 0 Å². The van der Waals surface area contributed by atoms with E-state index in [9.17, 15) is 14.4 Å². The molecule has 1 saturated heterocycles. The van der Waals surface area contributed by atoms with Gasteiger partial charge in [0, 0.05) is 31.0 Å². The average Bonchev–Trinajstić information content (AvgIpc) is 2.95. The average molecular weight is 438 g/mol. The lowest BCUT2D eigenvalue weighted by atomic mass is 10.2. The number of carboxylic acid groups (broad SMARTS) is 1. The van der Waals surface area contributed by atoms with Gasteiger partial charge in [0.15, 0.2) is 5.17 Å². The first kappa shape index (κ1) is 23.0. The predicted octanol–water partition coefficient (Wildman–Crippen LogP) is 3.61. The molecular formula is C20H24ClN3O4S. The van der Waals surface area contributed by atoms with Gasteiger partial charge in [0.1, 0.15) is 5.25 Å². The number of carboxylic acids is 1. The molecule has 9 heteroatoms. The molecule has 7 nitrogen and oxygen atoms in total. The summed E-state index contributed by atoms with van der Waals surface area (Å²) in [5.41, 5.74) is 0.672. The number of carbonyl (C=O) groups is 3. The summed E-state index contributed by atoms with van der Waals surface area (Å²) in [4.78, 5) is 41.4. The van der Waals surface area contributed by atoms with Gasteiger partial charge in [0.05, 0.1) is 5.69 Å². The van der Waals surface area contributed by atoms with Crippen molar-refractivity contribution < 1.29 is 19.5 Å². The second kappa shape index (κ2) is 11.6. The van der Waals surface area contributed by atoms with Gasteiger partial charge in [-0.3, -0.25) is 19.3 Å². The quantitative estimate of drug-likeness (QED) is 0.407. The molecule has 1 atom stereocenters. The lowest BCUT2D eigenvalue weighted by Crippen LogP contribution is -2.35. The Kier molecular flexibility index (Phi) is 9.21. The maximum absolute atomic E-state index is 12.7. The van der Waals surface area contributed by atoms with E-state index in [2.05, 4.69) is 16.9 Å². The summed E-state index contributed by atoms with van der Waals surface area (Å²) < 4.78 is 0. The van der Waals surface area contributed by atoms with E-state index < -0.39 is 11.2 Å². The summed E-state index contributed by atoms with van der Waals surface area (Å²) in [7, 11) is 0. The fourth-order valence-electron chi connectivity index (χ4n) is 2.69. The number of benzene rings is 1. The van der Waals surface area contributed by atoms with Gasteiger partial charge in [-0.05, 0) is 37.1 Å². The number of halogens is 1. The van der Waals surface area contributed by atoms with Crippen LogP contribution in [-0.4, -0.2) is 51.3 Å². The monoisotopic (exact) mass is 437 g/mol. The number of thioether (sulfide) groups is 1. The standard InChI is InChI=1S/C20H24ClN3O4S/c1-2-12-24-19(28)16(13-17(25)22-11-5-3-4-6-18(26)27)29-20(24)23-15-9-7-14(21)8-10-15/h2,7-10,16H,1,3-6,11-13H2,(H,22,25)(H,26,27)/t16-/m0/s1. The molecule has 0 aliphatic carbocycles. The SMILES string of the molecule is C=CCN1C(=O)[C@H](CC(=O)NCCCCCC(=O)O)SC1=Nc1ccc(Cl)cc1. The summed E-state index contributed by atoms with van der Waals surface area (Å²) in [6.07, 6.45) is 3.84. The fraction of sp³-hybridized carbons (Fsp3) is 0.400. The highest BCUT2D eigenvalue weighted by Crippen LogP contribution is 2.31. The van der Waals surface area contributed by atoms with E-state index in [-0.39, 0.29) is 24.7 Å². The van der Waals surface area contributed by atoms with Crippen LogP contribution in [0.5, 0.6) is 0 Å². The van der Waals surface area contributed by atoms with Crippen molar-refractivity contribution in [1.82, 2.24) is 10.2 Å². The lowest BCUT2D eigenvalue weighted by molar-refractivity contribution is -0.137. The molecule has 2 N–H and O–H groups in total. The summed E-state index contributed by atoms with van der Waals surface area (Å²) in [6, 6.07) is 6.97. The minimum absolute atomic E-state index is 0.0614. The predicted molar refractivity (Wildman–Crippen MR) is 116 cm³/mol. The van der Waals surface area contributed by atoms with Gasteiger partial charge < -0.3 is 10.4 Å². The first-order valence-electron chi connectivity index (χ1n) is 9.32. The molecule has 1 aliphatic rings. The normalized spacial score (nSPS) is 17.6. The Morgan fingerprint density at radius 3 is 2.66 bits per heavy atom. The van der Waals surface area contributed by atoms with E-state index in [1.54, 1.807) is 30.3 Å². The molecule has 2 amide bonds. The molecule has 1 aliphatic heterocycles. The highest BCUT2D eigenvalue weighted by atomic mass is 35.5. The van der Waals surface area contributed by atoms with Crippen LogP contribution in [0.4, 0.5) is 5.69 Å². The van der Waals surface area contributed by atoms with Gasteiger partial charge in [-0.25, -0.2) is 4.99 Å². The zero-order valence-electron chi connectivity index (χ0n) is 16.0. The summed E-state index contributed by atoms with van der Waals surface area (Å²) in [6.45, 7) is 4.47. The van der Waals surface area contributed by atoms with Crippen LogP contribution in [0, 0.1) is 0 Å². The Balaban J connectivity index is 1.89. The van der Waals surface area contributed by atoms with Crippen LogP contribution in [0.1, 0.15) is 32.1 Å². The molecule has 0 radical (unpaired) electrons. The van der Waals surface area contributed by atoms with Crippen LogP contribution >= 0.6 is 23.4 Å². The first-order chi connectivity index (χ1) is 13.9. The number of carbonyl (C=O) groups excluding carboxylic acids is 2.